The van der Waals surface area contributed by atoms with Crippen LogP contribution in [0.2, 0.25) is 0 Å². The Balaban J connectivity index is 1.69. The Morgan fingerprint density at radius 1 is 1.25 bits per heavy atom. The van der Waals surface area contributed by atoms with E-state index in [4.69, 9.17) is 22.2 Å². The van der Waals surface area contributed by atoms with Crippen molar-refractivity contribution in [3.63, 3.8) is 0 Å². The first kappa shape index (κ1) is 20.6. The van der Waals surface area contributed by atoms with E-state index in [1.165, 1.54) is 5.56 Å². The molecule has 0 spiro atoms. The van der Waals surface area contributed by atoms with Gasteiger partial charge in [-0.3, -0.25) is 15.6 Å². The molecule has 1 aliphatic rings. The molecule has 0 unspecified atom stereocenters. The molecule has 3 rings (SSSR count). The molecule has 1 aromatic carbocycles. The molecule has 0 saturated carbocycles. The van der Waals surface area contributed by atoms with Gasteiger partial charge in [-0.05, 0) is 44.5 Å². The minimum Gasteiger partial charge on any atom is -0.444 e. The number of hydrogen-bond acceptors (Lipinski definition) is 5. The average Bonchev–Trinajstić information content (AvgIpc) is 2.95. The van der Waals surface area contributed by atoms with Crippen molar-refractivity contribution < 1.29 is 14.7 Å². The summed E-state index contributed by atoms with van der Waals surface area (Å²) in [7, 11) is 2.02. The smallest absolute Gasteiger partial charge is 0.410 e. The van der Waals surface area contributed by atoms with Gasteiger partial charge in [-0.1, -0.05) is 12.2 Å². The number of rotatable bonds is 3. The summed E-state index contributed by atoms with van der Waals surface area (Å²) in [5.74, 6) is 0. The van der Waals surface area contributed by atoms with Gasteiger partial charge >= 0.3 is 6.09 Å². The van der Waals surface area contributed by atoms with Crippen molar-refractivity contribution in [2.24, 2.45) is 7.05 Å². The van der Waals surface area contributed by atoms with Crippen LogP contribution in [0.5, 0.6) is 0 Å². The summed E-state index contributed by atoms with van der Waals surface area (Å²) in [4.78, 5) is 16.6. The van der Waals surface area contributed by atoms with Gasteiger partial charge in [0.15, 0.2) is 0 Å². The van der Waals surface area contributed by atoms with Crippen LogP contribution in [0.15, 0.2) is 24.4 Å². The molecule has 7 nitrogen and oxygen atoms in total. The second-order valence-electron chi connectivity index (χ2n) is 8.18. The number of nitrogens with one attached hydrogen (secondary N) is 1. The van der Waals surface area contributed by atoms with Crippen LogP contribution in [0.4, 0.5) is 4.79 Å². The highest BCUT2D eigenvalue weighted by Gasteiger charge is 2.26. The Morgan fingerprint density at radius 3 is 2.54 bits per heavy atom. The number of hydrogen-bond donors (Lipinski definition) is 2. The van der Waals surface area contributed by atoms with Crippen molar-refractivity contribution in [2.45, 2.75) is 32.9 Å². The number of aromatic nitrogens is 1. The van der Waals surface area contributed by atoms with Gasteiger partial charge in [0.25, 0.3) is 0 Å². The first-order valence-corrected chi connectivity index (χ1v) is 9.81. The number of carbonyl (C=O) groups is 1. The second-order valence-corrected chi connectivity index (χ2v) is 8.59. The molecule has 1 aromatic heterocycles. The van der Waals surface area contributed by atoms with Crippen LogP contribution in [0.3, 0.4) is 0 Å². The molecule has 1 aliphatic heterocycles. The summed E-state index contributed by atoms with van der Waals surface area (Å²) in [5, 5.41) is 10.2. The van der Waals surface area contributed by atoms with Crippen LogP contribution in [0, 0.1) is 0 Å². The van der Waals surface area contributed by atoms with Crippen molar-refractivity contribution in [1.82, 2.24) is 19.8 Å². The van der Waals surface area contributed by atoms with Crippen molar-refractivity contribution in [3.05, 3.63) is 35.5 Å². The molecule has 2 heterocycles. The zero-order chi connectivity index (χ0) is 20.5. The van der Waals surface area contributed by atoms with Gasteiger partial charge in [-0.25, -0.2) is 4.79 Å². The quantitative estimate of drug-likeness (QED) is 0.606. The Bertz CT molecular complexity index is 879. The predicted molar refractivity (Wildman–Crippen MR) is 113 cm³/mol. The van der Waals surface area contributed by atoms with Crippen LogP contribution in [-0.4, -0.2) is 62.4 Å². The normalized spacial score (nSPS) is 15.7. The number of nitrogens with zero attached hydrogens (tertiary/aromatic N) is 3. The van der Waals surface area contributed by atoms with E-state index in [2.05, 4.69) is 15.7 Å². The number of amides is 1. The molecule has 0 radical (unpaired) electrons. The molecular formula is C20H28N4O3S. The van der Waals surface area contributed by atoms with E-state index in [-0.39, 0.29) is 6.09 Å². The Morgan fingerprint density at radius 2 is 1.93 bits per heavy atom. The van der Waals surface area contributed by atoms with Crippen molar-refractivity contribution >= 4 is 34.2 Å². The molecule has 1 amide bonds. The molecule has 0 aliphatic carbocycles. The highest BCUT2D eigenvalue weighted by molar-refractivity contribution is 7.80. The molecule has 1 fully saturated rings. The highest BCUT2D eigenvalue weighted by atomic mass is 32.1. The van der Waals surface area contributed by atoms with Gasteiger partial charge in [-0.15, -0.1) is 0 Å². The summed E-state index contributed by atoms with van der Waals surface area (Å²) in [6.07, 6.45) is 1.89. The standard InChI is InChI=1S/C20H28N4O3S/c1-20(2,3)27-19(25)24-9-7-23(8-10-24)13-15-12-22(4)17-6-5-14(11-16(15)17)18(28)21-26/h5-6,11-12,26H,7-10,13H2,1-4H3,(H,21,28). The summed E-state index contributed by atoms with van der Waals surface area (Å²) < 4.78 is 7.56. The fourth-order valence-corrected chi connectivity index (χ4v) is 3.59. The summed E-state index contributed by atoms with van der Waals surface area (Å²) >= 11 is 5.14. The van der Waals surface area contributed by atoms with E-state index >= 15 is 0 Å². The maximum absolute atomic E-state index is 12.2. The maximum Gasteiger partial charge on any atom is 0.410 e. The third kappa shape index (κ3) is 4.63. The van der Waals surface area contributed by atoms with E-state index < -0.39 is 5.60 Å². The Labute approximate surface area is 170 Å². The number of ether oxygens (including phenoxy) is 1. The van der Waals surface area contributed by atoms with Crippen molar-refractivity contribution in [2.75, 3.05) is 26.2 Å². The number of carbonyl (C=O) groups excluding carboxylic acids is 1. The van der Waals surface area contributed by atoms with Gasteiger partial charge in [0.05, 0.1) is 0 Å². The van der Waals surface area contributed by atoms with Crippen LogP contribution in [0.25, 0.3) is 10.9 Å². The van der Waals surface area contributed by atoms with E-state index in [9.17, 15) is 4.79 Å². The first-order valence-electron chi connectivity index (χ1n) is 9.40. The molecular weight excluding hydrogens is 376 g/mol. The lowest BCUT2D eigenvalue weighted by atomic mass is 10.1. The van der Waals surface area contributed by atoms with E-state index in [0.29, 0.717) is 18.1 Å². The van der Waals surface area contributed by atoms with Crippen LogP contribution in [-0.2, 0) is 18.3 Å². The molecule has 2 N–H and O–H groups in total. The number of fused-ring (bicyclic) bond motifs is 1. The lowest BCUT2D eigenvalue weighted by molar-refractivity contribution is 0.0139. The average molecular weight is 405 g/mol. The third-order valence-corrected chi connectivity index (χ3v) is 5.18. The van der Waals surface area contributed by atoms with Crippen LogP contribution < -0.4 is 5.48 Å². The van der Waals surface area contributed by atoms with E-state index in [1.54, 1.807) is 4.90 Å². The minimum absolute atomic E-state index is 0.244. The van der Waals surface area contributed by atoms with Gasteiger partial charge in [0.2, 0.25) is 0 Å². The molecule has 0 bridgehead atoms. The maximum atomic E-state index is 12.2. The molecule has 2 aromatic rings. The zero-order valence-electron chi connectivity index (χ0n) is 16.9. The lowest BCUT2D eigenvalue weighted by Gasteiger charge is -2.35. The van der Waals surface area contributed by atoms with Crippen molar-refractivity contribution in [1.29, 1.82) is 0 Å². The van der Waals surface area contributed by atoms with Crippen molar-refractivity contribution in [3.8, 4) is 0 Å². The third-order valence-electron chi connectivity index (χ3n) is 4.85. The molecule has 1 saturated heterocycles. The Kier molecular flexibility index (Phi) is 5.92. The van der Waals surface area contributed by atoms with E-state index in [1.807, 2.05) is 51.5 Å². The second kappa shape index (κ2) is 8.06. The van der Waals surface area contributed by atoms with Gasteiger partial charge in [-0.2, -0.15) is 0 Å². The molecule has 152 valence electrons. The number of benzene rings is 1. The Hall–Kier alpha value is -2.16. The lowest BCUT2D eigenvalue weighted by Crippen LogP contribution is -2.49. The first-order chi connectivity index (χ1) is 13.2. The zero-order valence-corrected chi connectivity index (χ0v) is 17.7. The van der Waals surface area contributed by atoms with Crippen LogP contribution >= 0.6 is 12.2 Å². The summed E-state index contributed by atoms with van der Waals surface area (Å²) in [6, 6.07) is 5.92. The fraction of sp³-hybridized carbons (Fsp3) is 0.500. The van der Waals surface area contributed by atoms with Crippen LogP contribution in [0.1, 0.15) is 31.9 Å². The minimum atomic E-state index is -0.473. The van der Waals surface area contributed by atoms with Gasteiger partial charge < -0.3 is 14.2 Å². The number of thiocarbonyl (C=S) groups is 1. The SMILES string of the molecule is Cn1cc(CN2CCN(C(=O)OC(C)(C)C)CC2)c2cc(C(=S)NO)ccc21. The number of piperazine rings is 1. The van der Waals surface area contributed by atoms with Gasteiger partial charge in [0, 0.05) is 62.4 Å². The molecule has 28 heavy (non-hydrogen) atoms. The number of hydroxylamine groups is 1. The number of aryl methyl sites for hydroxylation is 1. The summed E-state index contributed by atoms with van der Waals surface area (Å²) in [5.41, 5.74) is 4.68. The summed E-state index contributed by atoms with van der Waals surface area (Å²) in [6.45, 7) is 9.35. The monoisotopic (exact) mass is 404 g/mol. The van der Waals surface area contributed by atoms with Gasteiger partial charge in [0.1, 0.15) is 10.6 Å². The predicted octanol–water partition coefficient (Wildman–Crippen LogP) is 2.89. The molecule has 0 atom stereocenters. The largest absolute Gasteiger partial charge is 0.444 e. The topological polar surface area (TPSA) is 70.0 Å². The highest BCUT2D eigenvalue weighted by Crippen LogP contribution is 2.24. The molecule has 8 heteroatoms. The fourth-order valence-electron chi connectivity index (χ4n) is 3.46. The van der Waals surface area contributed by atoms with E-state index in [0.717, 1.165) is 36.1 Å².